The number of aromatic nitrogens is 2. The number of halogens is 2. The van der Waals surface area contributed by atoms with Crippen LogP contribution in [0.1, 0.15) is 46.5 Å². The van der Waals surface area contributed by atoms with Gasteiger partial charge in [0.2, 0.25) is 0 Å². The highest BCUT2D eigenvalue weighted by molar-refractivity contribution is 7.13. The molecule has 0 spiro atoms. The Hall–Kier alpha value is -2.73. The first-order chi connectivity index (χ1) is 15.7. The Labute approximate surface area is 197 Å². The van der Waals surface area contributed by atoms with E-state index in [4.69, 9.17) is 14.3 Å². The molecule has 4 rings (SSSR count). The van der Waals surface area contributed by atoms with Crippen LogP contribution in [0.2, 0.25) is 0 Å². The van der Waals surface area contributed by atoms with Crippen molar-refractivity contribution in [3.8, 4) is 0 Å². The number of aryl methyl sites for hydroxylation is 1. The summed E-state index contributed by atoms with van der Waals surface area (Å²) < 4.78 is 44.6. The Kier molecular flexibility index (Phi) is 7.90. The van der Waals surface area contributed by atoms with Crippen molar-refractivity contribution in [2.24, 2.45) is 0 Å². The van der Waals surface area contributed by atoms with Gasteiger partial charge in [0.25, 0.3) is 5.91 Å². The highest BCUT2D eigenvalue weighted by Gasteiger charge is 2.33. The topological polar surface area (TPSA) is 94.6 Å². The van der Waals surface area contributed by atoms with Crippen LogP contribution in [0.4, 0.5) is 20.2 Å². The van der Waals surface area contributed by atoms with E-state index in [0.717, 1.165) is 11.5 Å². The molecule has 1 saturated heterocycles. The van der Waals surface area contributed by atoms with Crippen LogP contribution in [0.3, 0.4) is 0 Å². The third kappa shape index (κ3) is 5.80. The van der Waals surface area contributed by atoms with E-state index >= 15 is 4.39 Å². The van der Waals surface area contributed by atoms with Crippen LogP contribution in [-0.4, -0.2) is 40.6 Å². The van der Waals surface area contributed by atoms with Gasteiger partial charge in [-0.25, -0.2) is 14.3 Å². The zero-order valence-electron chi connectivity index (χ0n) is 19.0. The van der Waals surface area contributed by atoms with E-state index < -0.39 is 23.3 Å². The monoisotopic (exact) mass is 484 g/mol. The fourth-order valence-corrected chi connectivity index (χ4v) is 3.74. The first-order valence-electron chi connectivity index (χ1n) is 10.4. The molecule has 8 nitrogen and oxygen atoms in total. The summed E-state index contributed by atoms with van der Waals surface area (Å²) in [4.78, 5) is 18.0. The van der Waals surface area contributed by atoms with E-state index in [0.29, 0.717) is 16.9 Å². The van der Waals surface area contributed by atoms with Crippen molar-refractivity contribution in [1.29, 1.82) is 0 Å². The second-order valence-electron chi connectivity index (χ2n) is 7.53. The second kappa shape index (κ2) is 10.5. The van der Waals surface area contributed by atoms with Gasteiger partial charge >= 0.3 is 0 Å². The summed E-state index contributed by atoms with van der Waals surface area (Å²) in [6.45, 7) is 9.63. The van der Waals surface area contributed by atoms with Gasteiger partial charge in [0.1, 0.15) is 24.0 Å². The predicted molar refractivity (Wildman–Crippen MR) is 126 cm³/mol. The Balaban J connectivity index is 0.00000149. The number of hydroxylamine groups is 1. The second-order valence-corrected chi connectivity index (χ2v) is 8.32. The molecule has 1 aliphatic rings. The number of anilines is 2. The van der Waals surface area contributed by atoms with Crippen LogP contribution in [0, 0.1) is 18.6 Å². The minimum absolute atomic E-state index is 0. The van der Waals surface area contributed by atoms with Crippen LogP contribution < -0.4 is 10.8 Å². The van der Waals surface area contributed by atoms with Crippen molar-refractivity contribution < 1.29 is 30.7 Å². The average Bonchev–Trinajstić information content (AvgIpc) is 3.39. The normalized spacial score (nSPS) is 16.9. The lowest BCUT2D eigenvalue weighted by atomic mass is 10.1. The molecule has 0 radical (unpaired) electrons. The van der Waals surface area contributed by atoms with Crippen molar-refractivity contribution in [2.45, 2.75) is 46.5 Å². The number of nitrogens with one attached hydrogen (secondary N) is 2. The number of amides is 1. The van der Waals surface area contributed by atoms with Gasteiger partial charge in [0, 0.05) is 2.85 Å². The molecule has 2 aromatic carbocycles. The molecule has 1 unspecified atom stereocenters. The van der Waals surface area contributed by atoms with Gasteiger partial charge in [0.15, 0.2) is 11.6 Å². The molecule has 0 aliphatic carbocycles. The quantitative estimate of drug-likeness (QED) is 0.455. The van der Waals surface area contributed by atoms with Crippen molar-refractivity contribution >= 4 is 39.0 Å². The maximum Gasteiger partial charge on any atom is 0.277 e. The summed E-state index contributed by atoms with van der Waals surface area (Å²) in [5.41, 5.74) is 2.66. The third-order valence-corrected chi connectivity index (χ3v) is 5.29. The van der Waals surface area contributed by atoms with E-state index in [1.165, 1.54) is 18.2 Å². The standard InChI is InChI=1S/C20H20F2N4O4S.C2H6.2H2/c1-10-4-5-14(13(21)6-10)23-17-12(7-15-18(16(17)22)24-26-31-15)19(27)25-29-9-11-8-28-20(2,3)30-11;1-2;;/h4-7,11,23H,8-9H2,1-3H3,(H,25,27);1-2H3;2*1H. The maximum absolute atomic E-state index is 15.1. The van der Waals surface area contributed by atoms with Gasteiger partial charge in [0.05, 0.1) is 28.2 Å². The number of nitrogens with zero attached hydrogens (tertiary/aromatic N) is 2. The zero-order chi connectivity index (χ0) is 24.2. The van der Waals surface area contributed by atoms with Crippen molar-refractivity contribution in [2.75, 3.05) is 18.5 Å². The Morgan fingerprint density at radius 2 is 2.09 bits per heavy atom. The van der Waals surface area contributed by atoms with Crippen LogP contribution in [-0.2, 0) is 14.3 Å². The van der Waals surface area contributed by atoms with Crippen LogP contribution in [0.15, 0.2) is 24.3 Å². The molecule has 2 heterocycles. The summed E-state index contributed by atoms with van der Waals surface area (Å²) in [5.74, 6) is -2.84. The van der Waals surface area contributed by atoms with Crippen molar-refractivity contribution in [3.63, 3.8) is 0 Å². The van der Waals surface area contributed by atoms with Crippen LogP contribution >= 0.6 is 11.5 Å². The lowest BCUT2D eigenvalue weighted by Crippen LogP contribution is -2.31. The molecule has 2 N–H and O–H groups in total. The van der Waals surface area contributed by atoms with E-state index in [-0.39, 0.29) is 38.0 Å². The molecular weight excluding hydrogens is 454 g/mol. The lowest BCUT2D eigenvalue weighted by molar-refractivity contribution is -0.147. The minimum atomic E-state index is -0.814. The smallest absolute Gasteiger partial charge is 0.277 e. The molecule has 11 heteroatoms. The number of ether oxygens (including phenoxy) is 2. The van der Waals surface area contributed by atoms with Gasteiger partial charge in [-0.05, 0) is 56.1 Å². The summed E-state index contributed by atoms with van der Waals surface area (Å²) in [6, 6.07) is 5.86. The highest BCUT2D eigenvalue weighted by Crippen LogP contribution is 2.32. The van der Waals surface area contributed by atoms with Gasteiger partial charge in [-0.3, -0.25) is 9.63 Å². The fraction of sp³-hybridized carbons (Fsp3) is 0.409. The minimum Gasteiger partial charge on any atom is -0.350 e. The van der Waals surface area contributed by atoms with E-state index in [2.05, 4.69) is 20.4 Å². The first-order valence-corrected chi connectivity index (χ1v) is 11.2. The number of hydrogen-bond donors (Lipinski definition) is 2. The van der Waals surface area contributed by atoms with E-state index in [1.807, 2.05) is 13.8 Å². The largest absolute Gasteiger partial charge is 0.350 e. The molecule has 1 atom stereocenters. The number of carbonyl (C=O) groups is 1. The van der Waals surface area contributed by atoms with Gasteiger partial charge < -0.3 is 14.8 Å². The number of fused-ring (bicyclic) bond motifs is 1. The Bertz CT molecular complexity index is 1150. The summed E-state index contributed by atoms with van der Waals surface area (Å²) in [6.07, 6.45) is -0.362. The molecule has 182 valence electrons. The van der Waals surface area contributed by atoms with Crippen molar-refractivity contribution in [1.82, 2.24) is 15.1 Å². The highest BCUT2D eigenvalue weighted by atomic mass is 32.1. The van der Waals surface area contributed by atoms with E-state index in [9.17, 15) is 9.18 Å². The van der Waals surface area contributed by atoms with Gasteiger partial charge in [-0.2, -0.15) is 0 Å². The Morgan fingerprint density at radius 3 is 2.76 bits per heavy atom. The SMILES string of the molecule is CC.Cc1ccc(Nc2c(C(=O)NOCC3COC(C)(C)O3)cc3snnc3c2F)c(F)c1.[HH].[HH]. The summed E-state index contributed by atoms with van der Waals surface area (Å²) >= 11 is 0.937. The number of carbonyl (C=O) groups excluding carboxylic acids is 1. The first kappa shape index (κ1) is 24.9. The average molecular weight is 485 g/mol. The molecule has 33 heavy (non-hydrogen) atoms. The van der Waals surface area contributed by atoms with E-state index in [1.54, 1.807) is 26.8 Å². The van der Waals surface area contributed by atoms with Crippen LogP contribution in [0.25, 0.3) is 10.2 Å². The molecule has 1 amide bonds. The molecule has 0 bridgehead atoms. The number of rotatable bonds is 6. The summed E-state index contributed by atoms with van der Waals surface area (Å²) in [5, 5.41) is 6.42. The van der Waals surface area contributed by atoms with Gasteiger partial charge in [-0.1, -0.05) is 24.4 Å². The van der Waals surface area contributed by atoms with Gasteiger partial charge in [-0.15, -0.1) is 5.10 Å². The molecule has 1 aromatic heterocycles. The van der Waals surface area contributed by atoms with Crippen molar-refractivity contribution in [3.05, 3.63) is 47.0 Å². The Morgan fingerprint density at radius 1 is 1.33 bits per heavy atom. The molecule has 0 saturated carbocycles. The fourth-order valence-electron chi connectivity index (χ4n) is 3.14. The predicted octanol–water partition coefficient (Wildman–Crippen LogP) is 5.35. The lowest BCUT2D eigenvalue weighted by Gasteiger charge is -2.17. The van der Waals surface area contributed by atoms with Crippen LogP contribution in [0.5, 0.6) is 0 Å². The molecular formula is C22H30F2N4O4S. The molecule has 1 aliphatic heterocycles. The number of benzene rings is 2. The third-order valence-electron chi connectivity index (χ3n) is 4.62. The summed E-state index contributed by atoms with van der Waals surface area (Å²) in [7, 11) is 0. The zero-order valence-corrected chi connectivity index (χ0v) is 19.8. The molecule has 1 fully saturated rings. The maximum atomic E-state index is 15.1. The molecule has 3 aromatic rings. The number of hydrogen-bond acceptors (Lipinski definition) is 8.